The third kappa shape index (κ3) is 4.11. The van der Waals surface area contributed by atoms with Gasteiger partial charge in [-0.15, -0.1) is 0 Å². The molecule has 0 saturated heterocycles. The van der Waals surface area contributed by atoms with Gasteiger partial charge >= 0.3 is 0 Å². The molecule has 38 valence electrons. The van der Waals surface area contributed by atoms with Gasteiger partial charge in [0.15, 0.2) is 0 Å². The van der Waals surface area contributed by atoms with E-state index in [1.165, 1.54) is 0 Å². The van der Waals surface area contributed by atoms with Crippen LogP contribution < -0.4 is 0 Å². The predicted molar refractivity (Wildman–Crippen MR) is 25.8 cm³/mol. The molecular weight excluding hydrogens is 100 g/mol. The van der Waals surface area contributed by atoms with Gasteiger partial charge in [-0.1, -0.05) is 6.92 Å². The van der Waals surface area contributed by atoms with Crippen molar-refractivity contribution >= 4 is 11.9 Å². The minimum atomic E-state index is -0.205. The lowest BCUT2D eigenvalue weighted by molar-refractivity contribution is 0.358. The molecule has 0 spiro atoms. The molecule has 0 bridgehead atoms. The van der Waals surface area contributed by atoms with Crippen molar-refractivity contribution in [2.24, 2.45) is 0 Å². The summed E-state index contributed by atoms with van der Waals surface area (Å²) in [5.41, 5.74) is 0. The van der Waals surface area contributed by atoms with Crippen molar-refractivity contribution in [2.75, 3.05) is 6.61 Å². The van der Waals surface area contributed by atoms with E-state index in [4.69, 9.17) is 0 Å². The topological polar surface area (TPSA) is 26.3 Å². The molecular formula is C3H8O2S. The Morgan fingerprint density at radius 2 is 2.50 bits per heavy atom. The molecule has 0 aliphatic rings. The first kappa shape index (κ1) is 6.11. The van der Waals surface area contributed by atoms with E-state index in [9.17, 15) is 4.21 Å². The van der Waals surface area contributed by atoms with E-state index in [0.717, 1.165) is 6.42 Å². The molecule has 0 aromatic rings. The largest absolute Gasteiger partial charge is 0.293 e. The Bertz CT molecular complexity index is 37.8. The Hall–Kier alpha value is 0.110. The fourth-order valence-electron chi connectivity index (χ4n) is 0.129. The summed E-state index contributed by atoms with van der Waals surface area (Å²) in [5, 5.41) is 0. The van der Waals surface area contributed by atoms with Crippen molar-refractivity contribution in [3.05, 3.63) is 0 Å². The van der Waals surface area contributed by atoms with Crippen LogP contribution in [0.1, 0.15) is 13.3 Å². The zero-order valence-corrected chi connectivity index (χ0v) is 4.57. The standard InChI is InChI=1S/C3H8O2S/c1-2-3-5-6-4/h6H,2-3H2,1H3. The van der Waals surface area contributed by atoms with Gasteiger partial charge in [0.25, 0.3) is 0 Å². The zero-order chi connectivity index (χ0) is 4.83. The minimum absolute atomic E-state index is 0.205. The molecule has 0 rings (SSSR count). The maximum Gasteiger partial charge on any atom is 0.142 e. The highest BCUT2D eigenvalue weighted by Gasteiger charge is 1.72. The molecule has 0 N–H and O–H groups in total. The SMILES string of the molecule is CCCO[SH]=O. The smallest absolute Gasteiger partial charge is 0.142 e. The van der Waals surface area contributed by atoms with Gasteiger partial charge in [0, 0.05) is 0 Å². The van der Waals surface area contributed by atoms with Crippen molar-refractivity contribution in [3.63, 3.8) is 0 Å². The molecule has 0 aliphatic heterocycles. The number of rotatable bonds is 3. The van der Waals surface area contributed by atoms with Gasteiger partial charge in [-0.25, -0.2) is 4.21 Å². The Morgan fingerprint density at radius 3 is 2.67 bits per heavy atom. The monoisotopic (exact) mass is 108 g/mol. The number of hydrogen-bond acceptors (Lipinski definition) is 2. The first-order valence-electron chi connectivity index (χ1n) is 1.86. The quantitative estimate of drug-likeness (QED) is 0.415. The molecule has 0 heterocycles. The summed E-state index contributed by atoms with van der Waals surface area (Å²) in [7, 11) is 0. The molecule has 0 saturated carbocycles. The summed E-state index contributed by atoms with van der Waals surface area (Å²) < 4.78 is 13.8. The second-order valence-corrected chi connectivity index (χ2v) is 1.32. The van der Waals surface area contributed by atoms with E-state index in [1.54, 1.807) is 0 Å². The summed E-state index contributed by atoms with van der Waals surface area (Å²) in [6, 6.07) is 0. The van der Waals surface area contributed by atoms with Crippen molar-refractivity contribution in [3.8, 4) is 0 Å². The van der Waals surface area contributed by atoms with Gasteiger partial charge in [0.05, 0.1) is 6.61 Å². The summed E-state index contributed by atoms with van der Waals surface area (Å²) in [4.78, 5) is 0. The fraction of sp³-hybridized carbons (Fsp3) is 1.00. The summed E-state index contributed by atoms with van der Waals surface area (Å²) >= 11 is -0.205. The van der Waals surface area contributed by atoms with Gasteiger partial charge in [-0.2, -0.15) is 0 Å². The lowest BCUT2D eigenvalue weighted by Crippen LogP contribution is -1.82. The van der Waals surface area contributed by atoms with Crippen molar-refractivity contribution in [2.45, 2.75) is 13.3 Å². The summed E-state index contributed by atoms with van der Waals surface area (Å²) in [6.45, 7) is 2.55. The van der Waals surface area contributed by atoms with Crippen molar-refractivity contribution < 1.29 is 8.39 Å². The van der Waals surface area contributed by atoms with Gasteiger partial charge in [-0.05, 0) is 6.42 Å². The van der Waals surface area contributed by atoms with Crippen molar-refractivity contribution in [1.29, 1.82) is 0 Å². The molecule has 0 amide bonds. The second kappa shape index (κ2) is 5.11. The summed E-state index contributed by atoms with van der Waals surface area (Å²) in [6.07, 6.45) is 0.926. The maximum atomic E-state index is 9.44. The van der Waals surface area contributed by atoms with Crippen LogP contribution in [0.5, 0.6) is 0 Å². The van der Waals surface area contributed by atoms with E-state index in [1.807, 2.05) is 6.92 Å². The molecule has 0 radical (unpaired) electrons. The van der Waals surface area contributed by atoms with Crippen LogP contribution >= 0.6 is 0 Å². The lowest BCUT2D eigenvalue weighted by atomic mass is 10.5. The minimum Gasteiger partial charge on any atom is -0.293 e. The van der Waals surface area contributed by atoms with Crippen LogP contribution in [-0.2, 0) is 16.1 Å². The molecule has 6 heavy (non-hydrogen) atoms. The van der Waals surface area contributed by atoms with Crippen LogP contribution in [0.25, 0.3) is 0 Å². The fourth-order valence-corrected chi connectivity index (χ4v) is 0.386. The summed E-state index contributed by atoms with van der Waals surface area (Å²) in [5.74, 6) is 0. The zero-order valence-electron chi connectivity index (χ0n) is 3.68. The van der Waals surface area contributed by atoms with E-state index in [2.05, 4.69) is 4.18 Å². The first-order valence-corrected chi connectivity index (χ1v) is 2.59. The van der Waals surface area contributed by atoms with Crippen LogP contribution in [0.3, 0.4) is 0 Å². The lowest BCUT2D eigenvalue weighted by Gasteiger charge is -1.83. The average molecular weight is 108 g/mol. The molecule has 0 aliphatic carbocycles. The maximum absolute atomic E-state index is 9.44. The van der Waals surface area contributed by atoms with Gasteiger partial charge in [0.1, 0.15) is 11.9 Å². The molecule has 0 atom stereocenters. The Morgan fingerprint density at radius 1 is 1.83 bits per heavy atom. The third-order valence-electron chi connectivity index (χ3n) is 0.348. The van der Waals surface area contributed by atoms with E-state index >= 15 is 0 Å². The highest BCUT2D eigenvalue weighted by molar-refractivity contribution is 7.60. The van der Waals surface area contributed by atoms with E-state index < -0.39 is 0 Å². The van der Waals surface area contributed by atoms with Gasteiger partial charge in [0.2, 0.25) is 0 Å². The van der Waals surface area contributed by atoms with Gasteiger partial charge in [-0.3, -0.25) is 4.18 Å². The molecule has 0 unspecified atom stereocenters. The molecule has 0 aromatic heterocycles. The average Bonchev–Trinajstić information content (AvgIpc) is 1.61. The van der Waals surface area contributed by atoms with Crippen LogP contribution in [0.4, 0.5) is 0 Å². The van der Waals surface area contributed by atoms with Crippen LogP contribution in [0, 0.1) is 0 Å². The Kier molecular flexibility index (Phi) is 5.20. The molecule has 3 heteroatoms. The van der Waals surface area contributed by atoms with Crippen LogP contribution in [-0.4, -0.2) is 10.8 Å². The number of thiol groups is 1. The normalized spacial score (nSPS) is 8.83. The van der Waals surface area contributed by atoms with Gasteiger partial charge < -0.3 is 0 Å². The molecule has 2 nitrogen and oxygen atoms in total. The third-order valence-corrected chi connectivity index (χ3v) is 0.636. The molecule has 0 fully saturated rings. The highest BCUT2D eigenvalue weighted by atomic mass is 32.2. The van der Waals surface area contributed by atoms with Crippen molar-refractivity contribution in [1.82, 2.24) is 0 Å². The van der Waals surface area contributed by atoms with E-state index in [0.29, 0.717) is 6.61 Å². The van der Waals surface area contributed by atoms with Crippen LogP contribution in [0.2, 0.25) is 0 Å². The Labute approximate surface area is 41.2 Å². The molecule has 0 aromatic carbocycles. The second-order valence-electron chi connectivity index (χ2n) is 0.908. The van der Waals surface area contributed by atoms with E-state index in [-0.39, 0.29) is 11.9 Å². The highest BCUT2D eigenvalue weighted by Crippen LogP contribution is 1.73. The van der Waals surface area contributed by atoms with Crippen LogP contribution in [0.15, 0.2) is 0 Å². The Balaban J connectivity index is 2.49. The number of hydrogen-bond donors (Lipinski definition) is 1. The first-order chi connectivity index (χ1) is 2.91. The predicted octanol–water partition coefficient (Wildman–Crippen LogP) is 0.273.